The highest BCUT2D eigenvalue weighted by molar-refractivity contribution is 7.10. The number of nitrogens with one attached hydrogen (secondary N) is 1. The van der Waals surface area contributed by atoms with Gasteiger partial charge in [-0.25, -0.2) is 4.39 Å². The van der Waals surface area contributed by atoms with Gasteiger partial charge < -0.3 is 16.8 Å². The third-order valence-corrected chi connectivity index (χ3v) is 7.53. The van der Waals surface area contributed by atoms with Crippen molar-refractivity contribution in [3.05, 3.63) is 63.0 Å². The third-order valence-electron chi connectivity index (χ3n) is 5.75. The molecule has 1 aliphatic carbocycles. The molecule has 1 atom stereocenters. The summed E-state index contributed by atoms with van der Waals surface area (Å²) in [7, 11) is 0. The second-order valence-electron chi connectivity index (χ2n) is 8.05. The van der Waals surface area contributed by atoms with Crippen LogP contribution in [0, 0.1) is 5.82 Å². The summed E-state index contributed by atoms with van der Waals surface area (Å²) in [6.45, 7) is 0. The van der Waals surface area contributed by atoms with Crippen LogP contribution >= 0.6 is 22.9 Å². The monoisotopic (exact) mass is 501 g/mol. The van der Waals surface area contributed by atoms with Crippen LogP contribution in [0.1, 0.15) is 63.2 Å². The number of benzene rings is 1. The molecular formula is C23H24FN5O3S2. The summed E-state index contributed by atoms with van der Waals surface area (Å²) in [6, 6.07) is 7.82. The lowest BCUT2D eigenvalue weighted by molar-refractivity contribution is -0.123. The summed E-state index contributed by atoms with van der Waals surface area (Å²) < 4.78 is 17.6. The van der Waals surface area contributed by atoms with Crippen molar-refractivity contribution >= 4 is 52.0 Å². The number of hydrogen-bond donors (Lipinski definition) is 3. The van der Waals surface area contributed by atoms with Crippen LogP contribution in [0.25, 0.3) is 0 Å². The van der Waals surface area contributed by atoms with E-state index < -0.39 is 23.7 Å². The zero-order valence-electron chi connectivity index (χ0n) is 18.2. The lowest BCUT2D eigenvalue weighted by atomic mass is 9.95. The van der Waals surface area contributed by atoms with Gasteiger partial charge in [0, 0.05) is 16.6 Å². The molecule has 11 heteroatoms. The van der Waals surface area contributed by atoms with Gasteiger partial charge in [-0.05, 0) is 60.1 Å². The number of hydrogen-bond acceptors (Lipinski definition) is 7. The predicted octanol–water partition coefficient (Wildman–Crippen LogP) is 3.86. The van der Waals surface area contributed by atoms with Crippen molar-refractivity contribution in [1.82, 2.24) is 9.69 Å². The lowest BCUT2D eigenvalue weighted by Crippen LogP contribution is -2.47. The van der Waals surface area contributed by atoms with E-state index in [0.717, 1.165) is 43.6 Å². The second kappa shape index (κ2) is 10.3. The Balaban J connectivity index is 1.78. The first-order valence-corrected chi connectivity index (χ1v) is 12.5. The molecule has 0 spiro atoms. The molecule has 5 N–H and O–H groups in total. The SMILES string of the molecule is NC(=O)c1nsc(C(=O)N(c2ccc(F)cc2)C(C(=O)NC2CCCCC2)c2cccs2)c1N. The molecule has 1 fully saturated rings. The van der Waals surface area contributed by atoms with E-state index in [1.807, 2.05) is 5.38 Å². The summed E-state index contributed by atoms with van der Waals surface area (Å²) >= 11 is 2.06. The van der Waals surface area contributed by atoms with Gasteiger partial charge in [-0.2, -0.15) is 4.37 Å². The van der Waals surface area contributed by atoms with Crippen molar-refractivity contribution in [2.24, 2.45) is 5.73 Å². The molecule has 1 unspecified atom stereocenters. The summed E-state index contributed by atoms with van der Waals surface area (Å²) in [6.07, 6.45) is 4.94. The number of halogens is 1. The quantitative estimate of drug-likeness (QED) is 0.452. The van der Waals surface area contributed by atoms with E-state index in [-0.39, 0.29) is 28.2 Å². The fraction of sp³-hybridized carbons (Fsp3) is 0.304. The molecule has 2 aromatic heterocycles. The number of primary amides is 1. The van der Waals surface area contributed by atoms with Gasteiger partial charge in [-0.1, -0.05) is 25.3 Å². The van der Waals surface area contributed by atoms with Crippen LogP contribution in [-0.2, 0) is 4.79 Å². The predicted molar refractivity (Wildman–Crippen MR) is 130 cm³/mol. The number of carbonyl (C=O) groups excluding carboxylic acids is 3. The van der Waals surface area contributed by atoms with Gasteiger partial charge in [-0.3, -0.25) is 19.3 Å². The molecule has 1 aliphatic rings. The molecular weight excluding hydrogens is 477 g/mol. The number of anilines is 2. The molecule has 2 heterocycles. The molecule has 34 heavy (non-hydrogen) atoms. The average Bonchev–Trinajstić information content (AvgIpc) is 3.48. The average molecular weight is 502 g/mol. The first kappa shape index (κ1) is 23.8. The number of thiophene rings is 1. The van der Waals surface area contributed by atoms with E-state index in [9.17, 15) is 18.8 Å². The van der Waals surface area contributed by atoms with Gasteiger partial charge in [0.2, 0.25) is 5.91 Å². The van der Waals surface area contributed by atoms with E-state index in [1.165, 1.54) is 40.5 Å². The molecule has 4 rings (SSSR count). The van der Waals surface area contributed by atoms with Gasteiger partial charge in [0.15, 0.2) is 11.7 Å². The first-order chi connectivity index (χ1) is 16.4. The van der Waals surface area contributed by atoms with Crippen LogP contribution in [-0.4, -0.2) is 28.1 Å². The van der Waals surface area contributed by atoms with Crippen LogP contribution in [0.15, 0.2) is 41.8 Å². The number of rotatable bonds is 7. The Morgan fingerprint density at radius 1 is 1.12 bits per heavy atom. The fourth-order valence-corrected chi connectivity index (χ4v) is 5.63. The van der Waals surface area contributed by atoms with Crippen molar-refractivity contribution in [2.75, 3.05) is 10.6 Å². The normalized spacial score (nSPS) is 15.0. The summed E-state index contributed by atoms with van der Waals surface area (Å²) in [5.41, 5.74) is 11.3. The summed E-state index contributed by atoms with van der Waals surface area (Å²) in [5.74, 6) is -2.31. The highest BCUT2D eigenvalue weighted by atomic mass is 32.1. The molecule has 1 aromatic carbocycles. The number of nitrogens with zero attached hydrogens (tertiary/aromatic N) is 2. The van der Waals surface area contributed by atoms with Crippen LogP contribution in [0.5, 0.6) is 0 Å². The van der Waals surface area contributed by atoms with Crippen LogP contribution in [0.3, 0.4) is 0 Å². The largest absolute Gasteiger partial charge is 0.395 e. The Labute approximate surface area is 203 Å². The Kier molecular flexibility index (Phi) is 7.23. The van der Waals surface area contributed by atoms with Crippen molar-refractivity contribution in [2.45, 2.75) is 44.2 Å². The minimum atomic E-state index is -1.03. The number of carbonyl (C=O) groups is 3. The van der Waals surface area contributed by atoms with Gasteiger partial charge in [0.1, 0.15) is 10.7 Å². The van der Waals surface area contributed by atoms with Crippen molar-refractivity contribution in [3.8, 4) is 0 Å². The van der Waals surface area contributed by atoms with Gasteiger partial charge in [0.25, 0.3) is 11.8 Å². The Hall–Kier alpha value is -3.31. The molecule has 3 amide bonds. The topological polar surface area (TPSA) is 131 Å². The van der Waals surface area contributed by atoms with E-state index in [1.54, 1.807) is 12.1 Å². The number of nitrogens with two attached hydrogens (primary N) is 2. The second-order valence-corrected chi connectivity index (χ2v) is 9.80. The van der Waals surface area contributed by atoms with Crippen molar-refractivity contribution in [1.29, 1.82) is 0 Å². The molecule has 178 valence electrons. The Bertz CT molecular complexity index is 1170. The van der Waals surface area contributed by atoms with Crippen molar-refractivity contribution < 1.29 is 18.8 Å². The molecule has 1 saturated carbocycles. The molecule has 0 bridgehead atoms. The van der Waals surface area contributed by atoms with E-state index in [2.05, 4.69) is 9.69 Å². The van der Waals surface area contributed by atoms with Gasteiger partial charge in [0.05, 0.1) is 5.69 Å². The van der Waals surface area contributed by atoms with Crippen molar-refractivity contribution in [3.63, 3.8) is 0 Å². The molecule has 0 saturated heterocycles. The van der Waals surface area contributed by atoms with Crippen LogP contribution in [0.4, 0.5) is 15.8 Å². The smallest absolute Gasteiger partial charge is 0.273 e. The Morgan fingerprint density at radius 2 is 1.82 bits per heavy atom. The third kappa shape index (κ3) is 4.95. The molecule has 3 aromatic rings. The fourth-order valence-electron chi connectivity index (χ4n) is 4.07. The maximum Gasteiger partial charge on any atom is 0.273 e. The molecule has 8 nitrogen and oxygen atoms in total. The summed E-state index contributed by atoms with van der Waals surface area (Å²) in [4.78, 5) is 41.0. The molecule has 0 radical (unpaired) electrons. The van der Waals surface area contributed by atoms with Crippen LogP contribution in [0.2, 0.25) is 0 Å². The summed E-state index contributed by atoms with van der Waals surface area (Å²) in [5, 5.41) is 4.91. The first-order valence-electron chi connectivity index (χ1n) is 10.8. The molecule has 0 aliphatic heterocycles. The van der Waals surface area contributed by atoms with E-state index >= 15 is 0 Å². The maximum absolute atomic E-state index is 13.8. The van der Waals surface area contributed by atoms with E-state index in [0.29, 0.717) is 10.6 Å². The van der Waals surface area contributed by atoms with Gasteiger partial charge >= 0.3 is 0 Å². The Morgan fingerprint density at radius 3 is 2.41 bits per heavy atom. The highest BCUT2D eigenvalue weighted by Crippen LogP contribution is 2.35. The number of aromatic nitrogens is 1. The number of amides is 3. The zero-order chi connectivity index (χ0) is 24.2. The van der Waals surface area contributed by atoms with E-state index in [4.69, 9.17) is 11.5 Å². The van der Waals surface area contributed by atoms with Crippen LogP contribution < -0.4 is 21.7 Å². The highest BCUT2D eigenvalue weighted by Gasteiger charge is 2.37. The maximum atomic E-state index is 13.8. The standard InChI is InChI=1S/C23H24FN5O3S2/c24-13-8-10-15(11-9-13)29(23(32)20-17(25)18(21(26)30)28-34-20)19(16-7-4-12-33-16)22(31)27-14-5-2-1-3-6-14/h4,7-12,14,19H,1-3,5-6,25H2,(H2,26,30)(H,27,31). The number of nitrogen functional groups attached to an aromatic ring is 1. The minimum Gasteiger partial charge on any atom is -0.395 e. The minimum absolute atomic E-state index is 0.0174. The van der Waals surface area contributed by atoms with Gasteiger partial charge in [-0.15, -0.1) is 11.3 Å². The lowest BCUT2D eigenvalue weighted by Gasteiger charge is -2.32. The zero-order valence-corrected chi connectivity index (χ0v) is 19.8.